The van der Waals surface area contributed by atoms with E-state index in [1.165, 1.54) is 0 Å². The van der Waals surface area contributed by atoms with Crippen molar-refractivity contribution in [2.45, 2.75) is 76.7 Å². The van der Waals surface area contributed by atoms with Gasteiger partial charge in [-0.3, -0.25) is 0 Å². The fourth-order valence-corrected chi connectivity index (χ4v) is 2.55. The lowest BCUT2D eigenvalue weighted by Crippen LogP contribution is -2.47. The van der Waals surface area contributed by atoms with E-state index >= 15 is 0 Å². The molecule has 2 heterocycles. The zero-order valence-electron chi connectivity index (χ0n) is 12.1. The molecule has 0 aliphatic carbocycles. The van der Waals surface area contributed by atoms with Crippen molar-refractivity contribution < 1.29 is 29.2 Å². The van der Waals surface area contributed by atoms with Gasteiger partial charge >= 0.3 is 0 Å². The number of rotatable bonds is 3. The molecule has 0 bridgehead atoms. The van der Waals surface area contributed by atoms with Crippen molar-refractivity contribution in [3.63, 3.8) is 0 Å². The summed E-state index contributed by atoms with van der Waals surface area (Å²) in [5.74, 6) is -1.54. The average Bonchev–Trinajstić information content (AvgIpc) is 2.77. The summed E-state index contributed by atoms with van der Waals surface area (Å²) in [6.07, 6.45) is -3.37. The Balaban J connectivity index is 2.07. The molecule has 6 nitrogen and oxygen atoms in total. The molecule has 0 aromatic heterocycles. The van der Waals surface area contributed by atoms with Crippen LogP contribution in [0.15, 0.2) is 0 Å². The topological polar surface area (TPSA) is 77.4 Å². The zero-order chi connectivity index (χ0) is 14.4. The van der Waals surface area contributed by atoms with Crippen molar-refractivity contribution in [1.82, 2.24) is 0 Å². The maximum absolute atomic E-state index is 10.4. The highest BCUT2D eigenvalue weighted by Crippen LogP contribution is 2.35. The molecule has 2 rings (SSSR count). The average molecular weight is 276 g/mol. The Morgan fingerprint density at radius 2 is 1.53 bits per heavy atom. The number of ether oxygens (including phenoxy) is 4. The first-order valence-corrected chi connectivity index (χ1v) is 6.65. The van der Waals surface area contributed by atoms with Gasteiger partial charge in [0.15, 0.2) is 11.6 Å². The van der Waals surface area contributed by atoms with Crippen molar-refractivity contribution >= 4 is 0 Å². The second kappa shape index (κ2) is 4.95. The van der Waals surface area contributed by atoms with Crippen LogP contribution < -0.4 is 0 Å². The molecule has 0 radical (unpaired) electrons. The van der Waals surface area contributed by atoms with Crippen LogP contribution in [0.25, 0.3) is 0 Å². The molecule has 0 aromatic rings. The van der Waals surface area contributed by atoms with Crippen molar-refractivity contribution in [2.75, 3.05) is 6.61 Å². The molecule has 112 valence electrons. The lowest BCUT2D eigenvalue weighted by Gasteiger charge is -2.27. The van der Waals surface area contributed by atoms with Gasteiger partial charge in [-0.15, -0.1) is 0 Å². The summed E-state index contributed by atoms with van der Waals surface area (Å²) in [5.41, 5.74) is 0. The molecular weight excluding hydrogens is 252 g/mol. The molecule has 6 heteroatoms. The highest BCUT2D eigenvalue weighted by atomic mass is 16.8. The maximum atomic E-state index is 10.4. The fraction of sp³-hybridized carbons (Fsp3) is 1.00. The molecule has 2 N–H and O–H groups in total. The van der Waals surface area contributed by atoms with Gasteiger partial charge in [-0.2, -0.15) is 0 Å². The van der Waals surface area contributed by atoms with Gasteiger partial charge in [-0.1, -0.05) is 0 Å². The van der Waals surface area contributed by atoms with Crippen LogP contribution in [0.4, 0.5) is 0 Å². The van der Waals surface area contributed by atoms with E-state index in [9.17, 15) is 10.2 Å². The number of hydrogen-bond acceptors (Lipinski definition) is 6. The van der Waals surface area contributed by atoms with Gasteiger partial charge < -0.3 is 29.2 Å². The number of aliphatic hydroxyl groups excluding tert-OH is 2. The van der Waals surface area contributed by atoms with E-state index in [0.717, 1.165) is 0 Å². The normalized spacial score (nSPS) is 40.3. The SMILES string of the molecule is C[C@@H](O)[C@H]1OC(C)(C)O[C@H]1[C@H](O)C1COC(C)(C)O1. The van der Waals surface area contributed by atoms with E-state index in [1.54, 1.807) is 34.6 Å². The summed E-state index contributed by atoms with van der Waals surface area (Å²) in [6, 6.07) is 0. The summed E-state index contributed by atoms with van der Waals surface area (Å²) in [5, 5.41) is 20.2. The third-order valence-electron chi connectivity index (χ3n) is 3.39. The predicted molar refractivity (Wildman–Crippen MR) is 66.4 cm³/mol. The Hall–Kier alpha value is -0.240. The van der Waals surface area contributed by atoms with E-state index in [1.807, 2.05) is 0 Å². The Bertz CT molecular complexity index is 327. The smallest absolute Gasteiger partial charge is 0.164 e. The van der Waals surface area contributed by atoms with E-state index in [0.29, 0.717) is 6.61 Å². The molecule has 2 aliphatic rings. The number of hydrogen-bond donors (Lipinski definition) is 2. The Morgan fingerprint density at radius 3 is 2.00 bits per heavy atom. The van der Waals surface area contributed by atoms with Gasteiger partial charge in [-0.25, -0.2) is 0 Å². The van der Waals surface area contributed by atoms with Gasteiger partial charge in [0.25, 0.3) is 0 Å². The molecule has 0 saturated carbocycles. The van der Waals surface area contributed by atoms with Crippen molar-refractivity contribution in [3.8, 4) is 0 Å². The molecule has 2 fully saturated rings. The van der Waals surface area contributed by atoms with Crippen LogP contribution in [0.1, 0.15) is 34.6 Å². The highest BCUT2D eigenvalue weighted by Gasteiger charge is 2.51. The summed E-state index contributed by atoms with van der Waals surface area (Å²) in [4.78, 5) is 0. The molecule has 1 unspecified atom stereocenters. The van der Waals surface area contributed by atoms with Crippen molar-refractivity contribution in [1.29, 1.82) is 0 Å². The molecular formula is C13H24O6. The van der Waals surface area contributed by atoms with Gasteiger partial charge in [0, 0.05) is 0 Å². The van der Waals surface area contributed by atoms with E-state index in [4.69, 9.17) is 18.9 Å². The van der Waals surface area contributed by atoms with Crippen LogP contribution in [-0.4, -0.2) is 58.9 Å². The first kappa shape index (κ1) is 15.2. The summed E-state index contributed by atoms with van der Waals surface area (Å²) in [7, 11) is 0. The minimum absolute atomic E-state index is 0.293. The molecule has 0 aromatic carbocycles. The van der Waals surface area contributed by atoms with Crippen LogP contribution in [0.3, 0.4) is 0 Å². The minimum Gasteiger partial charge on any atom is -0.391 e. The fourth-order valence-electron chi connectivity index (χ4n) is 2.55. The largest absolute Gasteiger partial charge is 0.391 e. The van der Waals surface area contributed by atoms with Gasteiger partial charge in [0.1, 0.15) is 24.4 Å². The number of aliphatic hydroxyl groups is 2. The van der Waals surface area contributed by atoms with Gasteiger partial charge in [0.05, 0.1) is 12.7 Å². The van der Waals surface area contributed by atoms with Gasteiger partial charge in [-0.05, 0) is 34.6 Å². The Labute approximate surface area is 113 Å². The Morgan fingerprint density at radius 1 is 0.947 bits per heavy atom. The van der Waals surface area contributed by atoms with E-state index in [-0.39, 0.29) is 0 Å². The van der Waals surface area contributed by atoms with Crippen LogP contribution >= 0.6 is 0 Å². The first-order chi connectivity index (χ1) is 8.61. The lowest BCUT2D eigenvalue weighted by molar-refractivity contribution is -0.179. The summed E-state index contributed by atoms with van der Waals surface area (Å²) < 4.78 is 22.4. The highest BCUT2D eigenvalue weighted by molar-refractivity contribution is 4.94. The molecule has 0 spiro atoms. The van der Waals surface area contributed by atoms with E-state index in [2.05, 4.69) is 0 Å². The zero-order valence-corrected chi connectivity index (χ0v) is 12.1. The van der Waals surface area contributed by atoms with Crippen LogP contribution in [0.5, 0.6) is 0 Å². The summed E-state index contributed by atoms with van der Waals surface area (Å²) in [6.45, 7) is 9.01. The second-order valence-electron chi connectivity index (χ2n) is 6.16. The van der Waals surface area contributed by atoms with Crippen LogP contribution in [-0.2, 0) is 18.9 Å². The van der Waals surface area contributed by atoms with Crippen molar-refractivity contribution in [3.05, 3.63) is 0 Å². The molecule has 2 saturated heterocycles. The minimum atomic E-state index is -0.914. The lowest BCUT2D eigenvalue weighted by atomic mass is 10.0. The monoisotopic (exact) mass is 276 g/mol. The first-order valence-electron chi connectivity index (χ1n) is 6.65. The summed E-state index contributed by atoms with van der Waals surface area (Å²) >= 11 is 0. The Kier molecular flexibility index (Phi) is 3.94. The van der Waals surface area contributed by atoms with E-state index < -0.39 is 42.1 Å². The molecule has 2 aliphatic heterocycles. The molecule has 19 heavy (non-hydrogen) atoms. The standard InChI is InChI=1S/C13H24O6/c1-7(14)10-11(19-13(4,5)18-10)9(15)8-6-16-12(2,3)17-8/h7-11,14-15H,6H2,1-5H3/t7-,8?,9-,10-,11+/m1/s1. The third kappa shape index (κ3) is 3.26. The van der Waals surface area contributed by atoms with Crippen LogP contribution in [0.2, 0.25) is 0 Å². The molecule has 0 amide bonds. The second-order valence-corrected chi connectivity index (χ2v) is 6.16. The molecule has 5 atom stereocenters. The maximum Gasteiger partial charge on any atom is 0.164 e. The van der Waals surface area contributed by atoms with Gasteiger partial charge in [0.2, 0.25) is 0 Å². The quantitative estimate of drug-likeness (QED) is 0.777. The third-order valence-corrected chi connectivity index (χ3v) is 3.39. The van der Waals surface area contributed by atoms with Crippen LogP contribution in [0, 0.1) is 0 Å². The predicted octanol–water partition coefficient (Wildman–Crippen LogP) is 0.400. The van der Waals surface area contributed by atoms with Crippen molar-refractivity contribution in [2.24, 2.45) is 0 Å².